The van der Waals surface area contributed by atoms with E-state index in [1.807, 2.05) is 0 Å². The van der Waals surface area contributed by atoms with Gasteiger partial charge in [-0.3, -0.25) is 0 Å². The number of rotatable bonds is 8. The van der Waals surface area contributed by atoms with E-state index < -0.39 is 0 Å². The third-order valence-electron chi connectivity index (χ3n) is 5.39. The van der Waals surface area contributed by atoms with Crippen LogP contribution in [0.15, 0.2) is 78.4 Å². The fourth-order valence-electron chi connectivity index (χ4n) is 3.77. The Balaban J connectivity index is 1.69. The Kier molecular flexibility index (Phi) is 5.98. The highest BCUT2D eigenvalue weighted by molar-refractivity contribution is 6.00. The molecule has 2 unspecified atom stereocenters. The van der Waals surface area contributed by atoms with Gasteiger partial charge in [0, 0.05) is 6.54 Å². The van der Waals surface area contributed by atoms with E-state index in [2.05, 4.69) is 98.7 Å². The highest BCUT2D eigenvalue weighted by Gasteiger charge is 2.37. The summed E-state index contributed by atoms with van der Waals surface area (Å²) in [6.07, 6.45) is 8.11. The van der Waals surface area contributed by atoms with E-state index in [-0.39, 0.29) is 12.2 Å². The van der Waals surface area contributed by atoms with E-state index in [1.54, 1.807) is 0 Å². The average Bonchev–Trinajstić information content (AvgIpc) is 3.52. The summed E-state index contributed by atoms with van der Waals surface area (Å²) in [4.78, 5) is 2.12. The lowest BCUT2D eigenvalue weighted by Gasteiger charge is -2.18. The van der Waals surface area contributed by atoms with Crippen molar-refractivity contribution >= 4 is 11.1 Å². The Morgan fingerprint density at radius 2 is 1.72 bits per heavy atom. The molecule has 2 aromatic rings. The van der Waals surface area contributed by atoms with Gasteiger partial charge in [-0.1, -0.05) is 61.5 Å². The van der Waals surface area contributed by atoms with Gasteiger partial charge >= 0.3 is 0 Å². The Morgan fingerprint density at radius 1 is 0.966 bits per heavy atom. The Morgan fingerprint density at radius 3 is 2.38 bits per heavy atom. The number of hydrogen-bond acceptors (Lipinski definition) is 3. The number of benzene rings is 2. The van der Waals surface area contributed by atoms with E-state index in [0.717, 1.165) is 18.7 Å². The van der Waals surface area contributed by atoms with Crippen molar-refractivity contribution in [3.05, 3.63) is 89.5 Å². The van der Waals surface area contributed by atoms with Crippen LogP contribution in [0.3, 0.4) is 0 Å². The molecule has 0 bridgehead atoms. The number of hydrogen-bond donors (Lipinski definition) is 0. The fourth-order valence-corrected chi connectivity index (χ4v) is 3.77. The predicted molar refractivity (Wildman–Crippen MR) is 120 cm³/mol. The van der Waals surface area contributed by atoms with Crippen LogP contribution in [-0.2, 0) is 4.74 Å². The van der Waals surface area contributed by atoms with Crippen molar-refractivity contribution in [2.45, 2.75) is 25.6 Å². The van der Waals surface area contributed by atoms with Gasteiger partial charge in [-0.15, -0.1) is 0 Å². The number of nitrogens with zero attached hydrogens (tertiary/aromatic N) is 1. The monoisotopic (exact) mass is 387 g/mol. The quantitative estimate of drug-likeness (QED) is 0.459. The molecule has 0 N–H and O–H groups in total. The SMILES string of the molecule is CC/C(=C(/C1=CC2OC2C=C1)c1ccc(OCCN(C)C)cc1)c1ccccc1. The van der Waals surface area contributed by atoms with Gasteiger partial charge in [0.1, 0.15) is 24.6 Å². The van der Waals surface area contributed by atoms with Crippen LogP contribution in [0.4, 0.5) is 0 Å². The zero-order chi connectivity index (χ0) is 20.2. The fraction of sp³-hybridized carbons (Fsp3) is 0.308. The molecule has 2 atom stereocenters. The summed E-state index contributed by atoms with van der Waals surface area (Å²) >= 11 is 0. The highest BCUT2D eigenvalue weighted by atomic mass is 16.6. The van der Waals surface area contributed by atoms with E-state index in [9.17, 15) is 0 Å². The maximum atomic E-state index is 5.89. The molecular weight excluding hydrogens is 358 g/mol. The first-order valence-corrected chi connectivity index (χ1v) is 10.4. The van der Waals surface area contributed by atoms with Gasteiger partial charge in [0.25, 0.3) is 0 Å². The number of ether oxygens (including phenoxy) is 2. The minimum Gasteiger partial charge on any atom is -0.492 e. The average molecular weight is 388 g/mol. The lowest BCUT2D eigenvalue weighted by atomic mass is 9.86. The molecule has 3 heteroatoms. The van der Waals surface area contributed by atoms with Crippen LogP contribution in [0.25, 0.3) is 11.1 Å². The van der Waals surface area contributed by atoms with Crippen molar-refractivity contribution in [3.63, 3.8) is 0 Å². The van der Waals surface area contributed by atoms with Crippen molar-refractivity contribution in [1.29, 1.82) is 0 Å². The second kappa shape index (κ2) is 8.81. The summed E-state index contributed by atoms with van der Waals surface area (Å²) in [5.74, 6) is 0.909. The summed E-state index contributed by atoms with van der Waals surface area (Å²) in [6, 6.07) is 19.2. The smallest absolute Gasteiger partial charge is 0.119 e. The van der Waals surface area contributed by atoms with E-state index in [0.29, 0.717) is 6.61 Å². The summed E-state index contributed by atoms with van der Waals surface area (Å²) in [7, 11) is 4.11. The summed E-state index contributed by atoms with van der Waals surface area (Å²) in [6.45, 7) is 3.82. The summed E-state index contributed by atoms with van der Waals surface area (Å²) in [5, 5.41) is 0. The maximum absolute atomic E-state index is 5.89. The van der Waals surface area contributed by atoms with Crippen LogP contribution in [0, 0.1) is 0 Å². The van der Waals surface area contributed by atoms with Crippen molar-refractivity contribution in [2.24, 2.45) is 0 Å². The van der Waals surface area contributed by atoms with Gasteiger partial charge in [0.2, 0.25) is 0 Å². The first-order chi connectivity index (χ1) is 14.2. The van der Waals surface area contributed by atoms with Crippen LogP contribution in [0.5, 0.6) is 5.75 Å². The number of fused-ring (bicyclic) bond motifs is 1. The molecule has 0 spiro atoms. The molecule has 0 radical (unpaired) electrons. The molecule has 1 aliphatic carbocycles. The van der Waals surface area contributed by atoms with Gasteiger partial charge in [0.15, 0.2) is 0 Å². The molecule has 4 rings (SSSR count). The largest absolute Gasteiger partial charge is 0.492 e. The first kappa shape index (κ1) is 19.7. The summed E-state index contributed by atoms with van der Waals surface area (Å²) < 4.78 is 11.6. The standard InChI is InChI=1S/C26H29NO2/c1-4-23(19-8-6-5-7-9-19)26(21-12-15-24-25(18-21)29-24)20-10-13-22(14-11-20)28-17-16-27(2)3/h5-15,18,24-25H,4,16-17H2,1-3H3/b26-23-. The highest BCUT2D eigenvalue weighted by Crippen LogP contribution is 2.40. The van der Waals surface area contributed by atoms with Crippen LogP contribution < -0.4 is 4.74 Å². The minimum atomic E-state index is 0.229. The Labute approximate surface area is 174 Å². The zero-order valence-electron chi connectivity index (χ0n) is 17.5. The van der Waals surface area contributed by atoms with Crippen LogP contribution >= 0.6 is 0 Å². The molecule has 3 nitrogen and oxygen atoms in total. The molecular formula is C26H29NO2. The maximum Gasteiger partial charge on any atom is 0.119 e. The lowest BCUT2D eigenvalue weighted by molar-refractivity contribution is 0.261. The summed E-state index contributed by atoms with van der Waals surface area (Å²) in [5.41, 5.74) is 6.35. The number of allylic oxidation sites excluding steroid dienone is 4. The topological polar surface area (TPSA) is 25.0 Å². The molecule has 0 amide bonds. The van der Waals surface area contributed by atoms with Crippen LogP contribution in [-0.4, -0.2) is 44.4 Å². The van der Waals surface area contributed by atoms with E-state index in [1.165, 1.54) is 27.8 Å². The van der Waals surface area contributed by atoms with Crippen molar-refractivity contribution in [3.8, 4) is 5.75 Å². The molecule has 150 valence electrons. The Bertz CT molecular complexity index is 923. The lowest BCUT2D eigenvalue weighted by Crippen LogP contribution is -2.19. The number of likely N-dealkylation sites (N-methyl/N-ethyl adjacent to an activating group) is 1. The Hall–Kier alpha value is -2.62. The van der Waals surface area contributed by atoms with Crippen molar-refractivity contribution in [1.82, 2.24) is 4.90 Å². The number of epoxide rings is 1. The second-order valence-corrected chi connectivity index (χ2v) is 7.80. The van der Waals surface area contributed by atoms with Gasteiger partial charge in [-0.2, -0.15) is 0 Å². The molecule has 1 heterocycles. The van der Waals surface area contributed by atoms with Gasteiger partial charge in [-0.25, -0.2) is 0 Å². The molecule has 1 aliphatic heterocycles. The zero-order valence-corrected chi connectivity index (χ0v) is 17.5. The predicted octanol–water partition coefficient (Wildman–Crippen LogP) is 5.21. The third-order valence-corrected chi connectivity index (χ3v) is 5.39. The third kappa shape index (κ3) is 4.69. The molecule has 1 fully saturated rings. The van der Waals surface area contributed by atoms with Gasteiger partial charge in [0.05, 0.1) is 0 Å². The second-order valence-electron chi connectivity index (χ2n) is 7.80. The van der Waals surface area contributed by atoms with E-state index in [4.69, 9.17) is 9.47 Å². The molecule has 2 aromatic carbocycles. The van der Waals surface area contributed by atoms with Crippen molar-refractivity contribution in [2.75, 3.05) is 27.2 Å². The normalized spacial score (nSPS) is 20.8. The molecule has 0 saturated carbocycles. The molecule has 2 aliphatic rings. The van der Waals surface area contributed by atoms with Crippen LogP contribution in [0.1, 0.15) is 24.5 Å². The van der Waals surface area contributed by atoms with Crippen molar-refractivity contribution < 1.29 is 9.47 Å². The molecule has 1 saturated heterocycles. The van der Waals surface area contributed by atoms with Gasteiger partial charge in [-0.05, 0) is 66.6 Å². The van der Waals surface area contributed by atoms with E-state index >= 15 is 0 Å². The first-order valence-electron chi connectivity index (χ1n) is 10.4. The minimum absolute atomic E-state index is 0.229. The van der Waals surface area contributed by atoms with Gasteiger partial charge < -0.3 is 14.4 Å². The molecule has 0 aromatic heterocycles. The van der Waals surface area contributed by atoms with Crippen LogP contribution in [0.2, 0.25) is 0 Å². The molecule has 29 heavy (non-hydrogen) atoms.